The van der Waals surface area contributed by atoms with Gasteiger partial charge in [-0.05, 0) is 29.8 Å². The molecule has 1 fully saturated rings. The average molecular weight is 342 g/mol. The molecule has 130 valence electrons. The summed E-state index contributed by atoms with van der Waals surface area (Å²) in [6.45, 7) is 2.58. The second-order valence-corrected chi connectivity index (χ2v) is 5.60. The highest BCUT2D eigenvalue weighted by Crippen LogP contribution is 2.29. The summed E-state index contributed by atoms with van der Waals surface area (Å²) >= 11 is 0. The lowest BCUT2D eigenvalue weighted by Crippen LogP contribution is -2.36. The molecule has 0 bridgehead atoms. The van der Waals surface area contributed by atoms with E-state index in [1.807, 2.05) is 4.90 Å². The zero-order valence-electron chi connectivity index (χ0n) is 13.6. The van der Waals surface area contributed by atoms with Crippen molar-refractivity contribution in [2.75, 3.05) is 31.2 Å². The van der Waals surface area contributed by atoms with Crippen LogP contribution >= 0.6 is 0 Å². The van der Waals surface area contributed by atoms with E-state index in [0.717, 1.165) is 5.56 Å². The number of morpholine rings is 1. The monoisotopic (exact) mass is 342 g/mol. The highest BCUT2D eigenvalue weighted by molar-refractivity contribution is 5.95. The smallest absolute Gasteiger partial charge is 0.293 e. The lowest BCUT2D eigenvalue weighted by atomic mass is 10.1. The summed E-state index contributed by atoms with van der Waals surface area (Å²) in [6.07, 6.45) is 3.28. The van der Waals surface area contributed by atoms with Gasteiger partial charge in [-0.1, -0.05) is 0 Å². The molecule has 0 saturated carbocycles. The van der Waals surface area contributed by atoms with Crippen molar-refractivity contribution in [2.24, 2.45) is 0 Å². The van der Waals surface area contributed by atoms with Crippen LogP contribution in [0.2, 0.25) is 0 Å². The highest BCUT2D eigenvalue weighted by atomic mass is 16.6. The van der Waals surface area contributed by atoms with Gasteiger partial charge in [0.25, 0.3) is 11.6 Å². The van der Waals surface area contributed by atoms with Gasteiger partial charge in [-0.15, -0.1) is 0 Å². The standard InChI is InChI=1S/C17H18N4O4/c22-17(19-12-13-3-5-18-6-4-13)14-1-2-15(16(11-14)21(23)24)20-7-9-25-10-8-20/h1-6,11H,7-10,12H2,(H,19,22). The van der Waals surface area contributed by atoms with Gasteiger partial charge in [0.15, 0.2) is 0 Å². The van der Waals surface area contributed by atoms with Crippen LogP contribution in [0.5, 0.6) is 0 Å². The van der Waals surface area contributed by atoms with Gasteiger partial charge in [0, 0.05) is 43.7 Å². The molecule has 0 atom stereocenters. The van der Waals surface area contributed by atoms with Crippen LogP contribution < -0.4 is 10.2 Å². The van der Waals surface area contributed by atoms with Crippen molar-refractivity contribution in [3.63, 3.8) is 0 Å². The highest BCUT2D eigenvalue weighted by Gasteiger charge is 2.23. The van der Waals surface area contributed by atoms with Crippen LogP contribution in [0.25, 0.3) is 0 Å². The largest absolute Gasteiger partial charge is 0.378 e. The van der Waals surface area contributed by atoms with E-state index >= 15 is 0 Å². The number of carbonyl (C=O) groups is 1. The van der Waals surface area contributed by atoms with Gasteiger partial charge < -0.3 is 15.0 Å². The number of ether oxygens (including phenoxy) is 1. The number of amides is 1. The van der Waals surface area contributed by atoms with E-state index < -0.39 is 4.92 Å². The van der Waals surface area contributed by atoms with Gasteiger partial charge in [0.05, 0.1) is 18.1 Å². The number of nitrogens with zero attached hydrogens (tertiary/aromatic N) is 3. The van der Waals surface area contributed by atoms with E-state index in [1.165, 1.54) is 6.07 Å². The number of rotatable bonds is 5. The van der Waals surface area contributed by atoms with Crippen LogP contribution in [-0.4, -0.2) is 42.1 Å². The van der Waals surface area contributed by atoms with Crippen LogP contribution in [0.1, 0.15) is 15.9 Å². The van der Waals surface area contributed by atoms with Gasteiger partial charge in [0.1, 0.15) is 5.69 Å². The summed E-state index contributed by atoms with van der Waals surface area (Å²) in [5.74, 6) is -0.353. The molecule has 1 aromatic heterocycles. The first-order valence-electron chi connectivity index (χ1n) is 7.93. The number of pyridine rings is 1. The van der Waals surface area contributed by atoms with Crippen LogP contribution in [0.3, 0.4) is 0 Å². The Balaban J connectivity index is 1.76. The van der Waals surface area contributed by atoms with E-state index in [-0.39, 0.29) is 17.2 Å². The molecular weight excluding hydrogens is 324 g/mol. The van der Waals surface area contributed by atoms with Crippen LogP contribution in [0.15, 0.2) is 42.7 Å². The summed E-state index contributed by atoms with van der Waals surface area (Å²) in [5, 5.41) is 14.2. The van der Waals surface area contributed by atoms with E-state index in [2.05, 4.69) is 10.3 Å². The first-order chi connectivity index (χ1) is 12.1. The molecule has 0 spiro atoms. The molecule has 1 aliphatic rings. The number of anilines is 1. The van der Waals surface area contributed by atoms with Gasteiger partial charge in [0.2, 0.25) is 0 Å². The number of carbonyl (C=O) groups excluding carboxylic acids is 1. The van der Waals surface area contributed by atoms with E-state index in [9.17, 15) is 14.9 Å². The van der Waals surface area contributed by atoms with Crippen molar-refractivity contribution in [3.05, 3.63) is 64.0 Å². The number of nitro groups is 1. The Labute approximate surface area is 144 Å². The topological polar surface area (TPSA) is 97.6 Å². The molecule has 0 unspecified atom stereocenters. The minimum atomic E-state index is -0.454. The molecule has 8 nitrogen and oxygen atoms in total. The molecule has 1 amide bonds. The molecule has 1 saturated heterocycles. The van der Waals surface area contributed by atoms with Gasteiger partial charge in [-0.2, -0.15) is 0 Å². The van der Waals surface area contributed by atoms with Gasteiger partial charge in [-0.25, -0.2) is 0 Å². The molecule has 2 aromatic rings. The lowest BCUT2D eigenvalue weighted by molar-refractivity contribution is -0.384. The molecule has 0 radical (unpaired) electrons. The minimum Gasteiger partial charge on any atom is -0.378 e. The van der Waals surface area contributed by atoms with Crippen molar-refractivity contribution in [1.82, 2.24) is 10.3 Å². The third-order valence-electron chi connectivity index (χ3n) is 3.99. The van der Waals surface area contributed by atoms with E-state index in [1.54, 1.807) is 36.7 Å². The number of nitrogens with one attached hydrogen (secondary N) is 1. The van der Waals surface area contributed by atoms with Crippen molar-refractivity contribution in [3.8, 4) is 0 Å². The number of hydrogen-bond donors (Lipinski definition) is 1. The third-order valence-corrected chi connectivity index (χ3v) is 3.99. The fourth-order valence-electron chi connectivity index (χ4n) is 2.67. The second-order valence-electron chi connectivity index (χ2n) is 5.60. The van der Waals surface area contributed by atoms with Crippen molar-refractivity contribution in [2.45, 2.75) is 6.54 Å². The fraction of sp³-hybridized carbons (Fsp3) is 0.294. The van der Waals surface area contributed by atoms with Crippen molar-refractivity contribution >= 4 is 17.3 Å². The zero-order valence-corrected chi connectivity index (χ0v) is 13.6. The number of benzene rings is 1. The Morgan fingerprint density at radius 3 is 2.64 bits per heavy atom. The molecule has 0 aliphatic carbocycles. The van der Waals surface area contributed by atoms with Crippen molar-refractivity contribution in [1.29, 1.82) is 0 Å². The van der Waals surface area contributed by atoms with Gasteiger partial charge in [-0.3, -0.25) is 19.9 Å². The summed E-state index contributed by atoms with van der Waals surface area (Å²) < 4.78 is 5.28. The van der Waals surface area contributed by atoms with E-state index in [0.29, 0.717) is 38.5 Å². The summed E-state index contributed by atoms with van der Waals surface area (Å²) in [4.78, 5) is 29.1. The second kappa shape index (κ2) is 7.71. The minimum absolute atomic E-state index is 0.0709. The first kappa shape index (κ1) is 16.8. The van der Waals surface area contributed by atoms with Crippen molar-refractivity contribution < 1.29 is 14.5 Å². The zero-order chi connectivity index (χ0) is 17.6. The Morgan fingerprint density at radius 2 is 1.96 bits per heavy atom. The normalized spacial score (nSPS) is 14.2. The maximum atomic E-state index is 12.3. The number of aromatic nitrogens is 1. The molecule has 25 heavy (non-hydrogen) atoms. The first-order valence-corrected chi connectivity index (χ1v) is 7.93. The molecule has 2 heterocycles. The Morgan fingerprint density at radius 1 is 1.24 bits per heavy atom. The van der Waals surface area contributed by atoms with E-state index in [4.69, 9.17) is 4.74 Å². The summed E-state index contributed by atoms with van der Waals surface area (Å²) in [6, 6.07) is 8.16. The Kier molecular flexibility index (Phi) is 5.20. The Hall–Kier alpha value is -3.00. The molecular formula is C17H18N4O4. The number of nitro benzene ring substituents is 1. The Bertz CT molecular complexity index is 760. The molecule has 1 N–H and O–H groups in total. The maximum Gasteiger partial charge on any atom is 0.293 e. The molecule has 1 aromatic carbocycles. The molecule has 3 rings (SSSR count). The van der Waals surface area contributed by atoms with Gasteiger partial charge >= 0.3 is 0 Å². The van der Waals surface area contributed by atoms with Crippen LogP contribution in [-0.2, 0) is 11.3 Å². The third kappa shape index (κ3) is 4.10. The predicted octanol–water partition coefficient (Wildman–Crippen LogP) is 1.76. The molecule has 8 heteroatoms. The predicted molar refractivity (Wildman–Crippen MR) is 91.5 cm³/mol. The average Bonchev–Trinajstić information content (AvgIpc) is 2.67. The lowest BCUT2D eigenvalue weighted by Gasteiger charge is -2.28. The quantitative estimate of drug-likeness (QED) is 0.657. The fourth-order valence-corrected chi connectivity index (χ4v) is 2.67. The number of hydrogen-bond acceptors (Lipinski definition) is 6. The van der Waals surface area contributed by atoms with Crippen LogP contribution in [0.4, 0.5) is 11.4 Å². The molecule has 1 aliphatic heterocycles. The van der Waals surface area contributed by atoms with Crippen LogP contribution in [0, 0.1) is 10.1 Å². The summed E-state index contributed by atoms with van der Waals surface area (Å²) in [7, 11) is 0. The summed E-state index contributed by atoms with van der Waals surface area (Å²) in [5.41, 5.74) is 1.61. The SMILES string of the molecule is O=C(NCc1ccncc1)c1ccc(N2CCOCC2)c([N+](=O)[O-])c1. The maximum absolute atomic E-state index is 12.3.